The molecule has 0 atom stereocenters. The van der Waals surface area contributed by atoms with Crippen LogP contribution in [0.1, 0.15) is 34.3 Å². The van der Waals surface area contributed by atoms with Crippen molar-refractivity contribution in [1.82, 2.24) is 14.6 Å². The smallest absolute Gasteiger partial charge is 0.261 e. The molecule has 166 valence electrons. The minimum atomic E-state index is -3.46. The first-order chi connectivity index (χ1) is 15.3. The van der Waals surface area contributed by atoms with Crippen LogP contribution in [0.15, 0.2) is 70.4 Å². The summed E-state index contributed by atoms with van der Waals surface area (Å²) >= 11 is 0. The highest BCUT2D eigenvalue weighted by Gasteiger charge is 2.26. The van der Waals surface area contributed by atoms with E-state index in [2.05, 4.69) is 10.3 Å². The Labute approximate surface area is 187 Å². The van der Waals surface area contributed by atoms with Crippen LogP contribution < -0.4 is 10.9 Å². The molecule has 0 spiro atoms. The van der Waals surface area contributed by atoms with Gasteiger partial charge in [0.05, 0.1) is 4.90 Å². The number of carbonyl (C=O) groups excluding carboxylic acids is 1. The molecule has 1 saturated heterocycles. The van der Waals surface area contributed by atoms with E-state index in [-0.39, 0.29) is 17.0 Å². The zero-order valence-corrected chi connectivity index (χ0v) is 18.6. The maximum absolute atomic E-state index is 12.6. The first-order valence-corrected chi connectivity index (χ1v) is 12.0. The van der Waals surface area contributed by atoms with Crippen LogP contribution in [0.4, 0.5) is 0 Å². The number of sulfonamides is 1. The largest absolute Gasteiger partial charge is 0.348 e. The molecular formula is C24H25N3O4S. The molecule has 3 aromatic rings. The molecule has 2 aromatic carbocycles. The number of nitrogens with zero attached hydrogens (tertiary/aromatic N) is 1. The van der Waals surface area contributed by atoms with E-state index in [9.17, 15) is 18.0 Å². The Balaban J connectivity index is 1.42. The first kappa shape index (κ1) is 22.0. The number of aromatic amines is 1. The molecule has 2 heterocycles. The number of hydrogen-bond donors (Lipinski definition) is 2. The number of H-pyrrole nitrogens is 1. The third kappa shape index (κ3) is 4.66. The van der Waals surface area contributed by atoms with Gasteiger partial charge in [0.2, 0.25) is 10.0 Å². The standard InChI is InChI=1S/C24H25N3O4S/c1-17-5-4-6-19(15-17)22-12-11-21(24(29)26-22)23(28)25-16-18-7-9-20(10-8-18)32(30,31)27-13-2-3-14-27/h4-12,15H,2-3,13-14,16H2,1H3,(H,25,28)(H,26,29). The summed E-state index contributed by atoms with van der Waals surface area (Å²) in [6, 6.07) is 17.4. The summed E-state index contributed by atoms with van der Waals surface area (Å²) in [6.07, 6.45) is 1.77. The maximum Gasteiger partial charge on any atom is 0.261 e. The molecule has 7 nitrogen and oxygen atoms in total. The summed E-state index contributed by atoms with van der Waals surface area (Å²) in [4.78, 5) is 28.0. The third-order valence-corrected chi connectivity index (χ3v) is 7.48. The van der Waals surface area contributed by atoms with Gasteiger partial charge in [-0.25, -0.2) is 8.42 Å². The van der Waals surface area contributed by atoms with Gasteiger partial charge in [-0.1, -0.05) is 35.9 Å². The Morgan fingerprint density at radius 2 is 1.75 bits per heavy atom. The molecule has 1 aliphatic rings. The number of aromatic nitrogens is 1. The van der Waals surface area contributed by atoms with Gasteiger partial charge in [0.15, 0.2) is 0 Å². The highest BCUT2D eigenvalue weighted by Crippen LogP contribution is 2.21. The van der Waals surface area contributed by atoms with Crippen LogP contribution in [0.3, 0.4) is 0 Å². The lowest BCUT2D eigenvalue weighted by molar-refractivity contribution is 0.0949. The number of benzene rings is 2. The van der Waals surface area contributed by atoms with E-state index < -0.39 is 21.5 Å². The molecule has 4 rings (SSSR count). The van der Waals surface area contributed by atoms with E-state index in [4.69, 9.17) is 0 Å². The zero-order chi connectivity index (χ0) is 22.7. The van der Waals surface area contributed by atoms with Crippen molar-refractivity contribution in [2.45, 2.75) is 31.2 Å². The highest BCUT2D eigenvalue weighted by molar-refractivity contribution is 7.89. The summed E-state index contributed by atoms with van der Waals surface area (Å²) in [6.45, 7) is 3.26. The molecular weight excluding hydrogens is 426 g/mol. The number of carbonyl (C=O) groups is 1. The molecule has 0 saturated carbocycles. The fraction of sp³-hybridized carbons (Fsp3) is 0.250. The van der Waals surface area contributed by atoms with Crippen LogP contribution in [0.2, 0.25) is 0 Å². The monoisotopic (exact) mass is 451 g/mol. The van der Waals surface area contributed by atoms with Crippen molar-refractivity contribution in [3.8, 4) is 11.3 Å². The zero-order valence-electron chi connectivity index (χ0n) is 17.8. The summed E-state index contributed by atoms with van der Waals surface area (Å²) in [7, 11) is -3.46. The third-order valence-electron chi connectivity index (χ3n) is 5.56. The molecule has 0 aliphatic carbocycles. The summed E-state index contributed by atoms with van der Waals surface area (Å²) in [5.74, 6) is -0.490. The normalized spacial score (nSPS) is 14.4. The van der Waals surface area contributed by atoms with E-state index in [0.29, 0.717) is 18.8 Å². The summed E-state index contributed by atoms with van der Waals surface area (Å²) in [5, 5.41) is 2.72. The van der Waals surface area contributed by atoms with Crippen LogP contribution in [0.25, 0.3) is 11.3 Å². The van der Waals surface area contributed by atoms with Crippen LogP contribution in [0.5, 0.6) is 0 Å². The maximum atomic E-state index is 12.6. The fourth-order valence-corrected chi connectivity index (χ4v) is 5.28. The lowest BCUT2D eigenvalue weighted by atomic mass is 10.1. The van der Waals surface area contributed by atoms with E-state index in [1.807, 2.05) is 31.2 Å². The van der Waals surface area contributed by atoms with Crippen LogP contribution in [0, 0.1) is 6.92 Å². The fourth-order valence-electron chi connectivity index (χ4n) is 3.77. The van der Waals surface area contributed by atoms with Crippen LogP contribution in [-0.2, 0) is 16.6 Å². The minimum Gasteiger partial charge on any atom is -0.348 e. The number of amides is 1. The van der Waals surface area contributed by atoms with Gasteiger partial charge in [0, 0.05) is 25.3 Å². The van der Waals surface area contributed by atoms with Gasteiger partial charge < -0.3 is 10.3 Å². The molecule has 0 unspecified atom stereocenters. The van der Waals surface area contributed by atoms with Gasteiger partial charge >= 0.3 is 0 Å². The molecule has 8 heteroatoms. The van der Waals surface area contributed by atoms with Crippen LogP contribution >= 0.6 is 0 Å². The number of pyridine rings is 1. The second kappa shape index (κ2) is 9.10. The number of hydrogen-bond acceptors (Lipinski definition) is 4. The van der Waals surface area contributed by atoms with Crippen LogP contribution in [-0.4, -0.2) is 36.7 Å². The Morgan fingerprint density at radius 1 is 1.03 bits per heavy atom. The molecule has 0 bridgehead atoms. The minimum absolute atomic E-state index is 0.0228. The van der Waals surface area contributed by atoms with Crippen molar-refractivity contribution in [1.29, 1.82) is 0 Å². The predicted octanol–water partition coefficient (Wildman–Crippen LogP) is 3.06. The van der Waals surface area contributed by atoms with E-state index in [1.165, 1.54) is 10.4 Å². The molecule has 0 radical (unpaired) electrons. The predicted molar refractivity (Wildman–Crippen MR) is 123 cm³/mol. The van der Waals surface area contributed by atoms with E-state index in [1.54, 1.807) is 30.3 Å². The number of nitrogens with one attached hydrogen (secondary N) is 2. The van der Waals surface area contributed by atoms with Gasteiger partial charge in [-0.15, -0.1) is 0 Å². The Morgan fingerprint density at radius 3 is 2.41 bits per heavy atom. The molecule has 2 N–H and O–H groups in total. The van der Waals surface area contributed by atoms with E-state index in [0.717, 1.165) is 29.5 Å². The Kier molecular flexibility index (Phi) is 6.25. The first-order valence-electron chi connectivity index (χ1n) is 10.5. The number of aryl methyl sites for hydroxylation is 1. The average Bonchev–Trinajstić information content (AvgIpc) is 3.34. The SMILES string of the molecule is Cc1cccc(-c2ccc(C(=O)NCc3ccc(S(=O)(=O)N4CCCC4)cc3)c(=O)[nH]2)c1. The van der Waals surface area contributed by atoms with Crippen molar-refractivity contribution < 1.29 is 13.2 Å². The molecule has 1 fully saturated rings. The van der Waals surface area contributed by atoms with Crippen molar-refractivity contribution >= 4 is 15.9 Å². The average molecular weight is 452 g/mol. The lowest BCUT2D eigenvalue weighted by Crippen LogP contribution is -2.29. The number of rotatable bonds is 6. The van der Waals surface area contributed by atoms with Crippen molar-refractivity contribution in [2.75, 3.05) is 13.1 Å². The molecule has 1 aromatic heterocycles. The van der Waals surface area contributed by atoms with Gasteiger partial charge in [-0.2, -0.15) is 4.31 Å². The summed E-state index contributed by atoms with van der Waals surface area (Å²) in [5.41, 5.74) is 2.89. The highest BCUT2D eigenvalue weighted by atomic mass is 32.2. The molecule has 32 heavy (non-hydrogen) atoms. The van der Waals surface area contributed by atoms with E-state index >= 15 is 0 Å². The van der Waals surface area contributed by atoms with Gasteiger partial charge in [0.25, 0.3) is 11.5 Å². The van der Waals surface area contributed by atoms with Gasteiger partial charge in [0.1, 0.15) is 5.56 Å². The quantitative estimate of drug-likeness (QED) is 0.602. The Hall–Kier alpha value is -3.23. The van der Waals surface area contributed by atoms with Gasteiger partial charge in [-0.3, -0.25) is 9.59 Å². The van der Waals surface area contributed by atoms with Crippen molar-refractivity contribution in [2.24, 2.45) is 0 Å². The summed E-state index contributed by atoms with van der Waals surface area (Å²) < 4.78 is 26.7. The van der Waals surface area contributed by atoms with Gasteiger partial charge in [-0.05, 0) is 61.2 Å². The molecule has 1 aliphatic heterocycles. The van der Waals surface area contributed by atoms with Crippen molar-refractivity contribution in [3.63, 3.8) is 0 Å². The van der Waals surface area contributed by atoms with Crippen molar-refractivity contribution in [3.05, 3.63) is 87.7 Å². The second-order valence-electron chi connectivity index (χ2n) is 7.92. The second-order valence-corrected chi connectivity index (χ2v) is 9.86. The molecule has 1 amide bonds. The topological polar surface area (TPSA) is 99.3 Å². The lowest BCUT2D eigenvalue weighted by Gasteiger charge is -2.15. The Bertz CT molecular complexity index is 1290.